The number of aryl methyl sites for hydroxylation is 1. The van der Waals surface area contributed by atoms with E-state index in [9.17, 15) is 5.11 Å². The van der Waals surface area contributed by atoms with Crippen molar-refractivity contribution < 1.29 is 14.0 Å². The molecule has 1 N–H and O–H groups in total. The van der Waals surface area contributed by atoms with Crippen LogP contribution in [0.15, 0.2) is 75.9 Å². The second-order valence-electron chi connectivity index (χ2n) is 7.88. The molecule has 0 bridgehead atoms. The summed E-state index contributed by atoms with van der Waals surface area (Å²) in [6.45, 7) is 3.69. The lowest BCUT2D eigenvalue weighted by Crippen LogP contribution is -2.34. The predicted molar refractivity (Wildman–Crippen MR) is 123 cm³/mol. The van der Waals surface area contributed by atoms with E-state index >= 15 is 0 Å². The number of benzene rings is 2. The van der Waals surface area contributed by atoms with Crippen molar-refractivity contribution in [3.8, 4) is 11.4 Å². The average Bonchev–Trinajstić information content (AvgIpc) is 3.47. The maximum atomic E-state index is 10.7. The van der Waals surface area contributed by atoms with Gasteiger partial charge < -0.3 is 14.0 Å². The first-order chi connectivity index (χ1) is 15.6. The maximum absolute atomic E-state index is 10.7. The Hall–Kier alpha value is -2.93. The SMILES string of the molecule is Cc1ccc(-c2noc(CCN(Cc3ccco3)C[C@@H](O)Cc3ccccc3)n2)cc1Cl. The molecule has 4 rings (SSSR count). The van der Waals surface area contributed by atoms with Crippen LogP contribution in [0.25, 0.3) is 11.4 Å². The van der Waals surface area contributed by atoms with E-state index in [1.807, 2.05) is 67.6 Å². The van der Waals surface area contributed by atoms with Crippen molar-refractivity contribution >= 4 is 11.6 Å². The highest BCUT2D eigenvalue weighted by Crippen LogP contribution is 2.23. The molecule has 32 heavy (non-hydrogen) atoms. The van der Waals surface area contributed by atoms with E-state index in [2.05, 4.69) is 15.0 Å². The lowest BCUT2D eigenvalue weighted by molar-refractivity contribution is 0.104. The quantitative estimate of drug-likeness (QED) is 0.368. The van der Waals surface area contributed by atoms with Crippen LogP contribution < -0.4 is 0 Å². The van der Waals surface area contributed by atoms with E-state index in [-0.39, 0.29) is 0 Å². The highest BCUT2D eigenvalue weighted by molar-refractivity contribution is 6.31. The van der Waals surface area contributed by atoms with Crippen LogP contribution in [0.3, 0.4) is 0 Å². The first kappa shape index (κ1) is 22.3. The van der Waals surface area contributed by atoms with Gasteiger partial charge in [-0.25, -0.2) is 0 Å². The zero-order valence-electron chi connectivity index (χ0n) is 17.9. The summed E-state index contributed by atoms with van der Waals surface area (Å²) in [5.41, 5.74) is 2.93. The topological polar surface area (TPSA) is 75.5 Å². The van der Waals surface area contributed by atoms with Crippen LogP contribution in [0.2, 0.25) is 5.02 Å². The van der Waals surface area contributed by atoms with Crippen LogP contribution in [0.1, 0.15) is 22.8 Å². The Bertz CT molecular complexity index is 1110. The molecule has 0 saturated heterocycles. The molecule has 2 aromatic heterocycles. The molecule has 0 fully saturated rings. The second-order valence-corrected chi connectivity index (χ2v) is 8.29. The van der Waals surface area contributed by atoms with Crippen LogP contribution in [-0.2, 0) is 19.4 Å². The predicted octanol–water partition coefficient (Wildman–Crippen LogP) is 4.94. The Morgan fingerprint density at radius 3 is 2.69 bits per heavy atom. The monoisotopic (exact) mass is 451 g/mol. The number of aliphatic hydroxyl groups excluding tert-OH is 1. The number of aromatic nitrogens is 2. The van der Waals surface area contributed by atoms with Crippen LogP contribution >= 0.6 is 11.6 Å². The molecule has 1 atom stereocenters. The minimum Gasteiger partial charge on any atom is -0.468 e. The molecular formula is C25H26ClN3O3. The maximum Gasteiger partial charge on any atom is 0.228 e. The minimum atomic E-state index is -0.500. The van der Waals surface area contributed by atoms with Gasteiger partial charge in [0.15, 0.2) is 0 Å². The number of nitrogens with zero attached hydrogens (tertiary/aromatic N) is 3. The first-order valence-corrected chi connectivity index (χ1v) is 11.0. The number of rotatable bonds is 10. The van der Waals surface area contributed by atoms with Crippen molar-refractivity contribution in [1.29, 1.82) is 0 Å². The third kappa shape index (κ3) is 6.07. The van der Waals surface area contributed by atoms with Crippen LogP contribution in [0.5, 0.6) is 0 Å². The van der Waals surface area contributed by atoms with Gasteiger partial charge in [0.25, 0.3) is 0 Å². The summed E-state index contributed by atoms with van der Waals surface area (Å²) in [6, 6.07) is 19.5. The number of aliphatic hydroxyl groups is 1. The highest BCUT2D eigenvalue weighted by atomic mass is 35.5. The Morgan fingerprint density at radius 1 is 1.09 bits per heavy atom. The molecule has 0 saturated carbocycles. The third-order valence-corrected chi connectivity index (χ3v) is 5.69. The summed E-state index contributed by atoms with van der Waals surface area (Å²) in [7, 11) is 0. The van der Waals surface area contributed by atoms with Crippen molar-refractivity contribution in [3.63, 3.8) is 0 Å². The van der Waals surface area contributed by atoms with E-state index in [1.54, 1.807) is 6.26 Å². The molecule has 0 unspecified atom stereocenters. The summed E-state index contributed by atoms with van der Waals surface area (Å²) in [4.78, 5) is 6.66. The Morgan fingerprint density at radius 2 is 1.94 bits per heavy atom. The summed E-state index contributed by atoms with van der Waals surface area (Å²) in [6.07, 6.45) is 2.31. The van der Waals surface area contributed by atoms with Crippen molar-refractivity contribution in [2.45, 2.75) is 32.4 Å². The molecule has 6 nitrogen and oxygen atoms in total. The molecule has 4 aromatic rings. The Kier molecular flexibility index (Phi) is 7.37. The molecule has 0 aliphatic heterocycles. The summed E-state index contributed by atoms with van der Waals surface area (Å²) in [5, 5.41) is 15.4. The molecule has 0 aliphatic carbocycles. The van der Waals surface area contributed by atoms with Gasteiger partial charge in [-0.3, -0.25) is 4.90 Å². The fourth-order valence-corrected chi connectivity index (χ4v) is 3.75. The van der Waals surface area contributed by atoms with E-state index in [0.717, 1.165) is 22.5 Å². The van der Waals surface area contributed by atoms with Crippen LogP contribution in [0, 0.1) is 6.92 Å². The molecule has 0 amide bonds. The van der Waals surface area contributed by atoms with E-state index in [1.165, 1.54) is 0 Å². The summed E-state index contributed by atoms with van der Waals surface area (Å²) in [5.74, 6) is 1.90. The van der Waals surface area contributed by atoms with Crippen LogP contribution in [0.4, 0.5) is 0 Å². The van der Waals surface area contributed by atoms with Gasteiger partial charge in [-0.2, -0.15) is 4.98 Å². The number of hydrogen-bond acceptors (Lipinski definition) is 6. The normalized spacial score (nSPS) is 12.4. The fraction of sp³-hybridized carbons (Fsp3) is 0.280. The lowest BCUT2D eigenvalue weighted by Gasteiger charge is -2.23. The van der Waals surface area contributed by atoms with Gasteiger partial charge in [-0.05, 0) is 42.7 Å². The van der Waals surface area contributed by atoms with E-state index in [0.29, 0.717) is 49.2 Å². The summed E-state index contributed by atoms with van der Waals surface area (Å²) >= 11 is 6.22. The fourth-order valence-electron chi connectivity index (χ4n) is 3.57. The zero-order valence-corrected chi connectivity index (χ0v) is 18.7. The molecule has 166 valence electrons. The second kappa shape index (κ2) is 10.6. The number of halogens is 1. The number of hydrogen-bond donors (Lipinski definition) is 1. The van der Waals surface area contributed by atoms with Crippen molar-refractivity contribution in [2.75, 3.05) is 13.1 Å². The third-order valence-electron chi connectivity index (χ3n) is 5.28. The molecule has 7 heteroatoms. The van der Waals surface area contributed by atoms with Gasteiger partial charge in [-0.15, -0.1) is 0 Å². The Balaban J connectivity index is 1.39. The molecule has 0 radical (unpaired) electrons. The van der Waals surface area contributed by atoms with Gasteiger partial charge in [0.1, 0.15) is 5.76 Å². The lowest BCUT2D eigenvalue weighted by atomic mass is 10.1. The van der Waals surface area contributed by atoms with E-state index in [4.69, 9.17) is 20.5 Å². The number of furan rings is 1. The molecular weight excluding hydrogens is 426 g/mol. The smallest absolute Gasteiger partial charge is 0.228 e. The van der Waals surface area contributed by atoms with Crippen molar-refractivity contribution in [3.05, 3.63) is 94.7 Å². The standard InChI is InChI=1S/C25H26ClN3O3/c1-18-9-10-20(15-23(18)26)25-27-24(32-28-25)11-12-29(17-22-8-5-13-31-22)16-21(30)14-19-6-3-2-4-7-19/h2-10,13,15,21,30H,11-12,14,16-17H2,1H3/t21-/m0/s1. The van der Waals surface area contributed by atoms with Crippen LogP contribution in [-0.4, -0.2) is 39.3 Å². The molecule has 0 aliphatic rings. The van der Waals surface area contributed by atoms with Crippen molar-refractivity contribution in [1.82, 2.24) is 15.0 Å². The van der Waals surface area contributed by atoms with Gasteiger partial charge in [0.05, 0.1) is 18.9 Å². The first-order valence-electron chi connectivity index (χ1n) is 10.6. The zero-order chi connectivity index (χ0) is 22.3. The molecule has 2 heterocycles. The largest absolute Gasteiger partial charge is 0.468 e. The highest BCUT2D eigenvalue weighted by Gasteiger charge is 2.17. The van der Waals surface area contributed by atoms with Crippen molar-refractivity contribution in [2.24, 2.45) is 0 Å². The van der Waals surface area contributed by atoms with Gasteiger partial charge in [0.2, 0.25) is 11.7 Å². The van der Waals surface area contributed by atoms with E-state index < -0.39 is 6.10 Å². The summed E-state index contributed by atoms with van der Waals surface area (Å²) < 4.78 is 11.0. The van der Waals surface area contributed by atoms with Gasteiger partial charge >= 0.3 is 0 Å². The van der Waals surface area contributed by atoms with Gasteiger partial charge in [-0.1, -0.05) is 59.2 Å². The average molecular weight is 452 g/mol. The van der Waals surface area contributed by atoms with Gasteiger partial charge in [0, 0.05) is 30.1 Å². The Labute approximate surface area is 192 Å². The molecule has 2 aromatic carbocycles. The molecule has 0 spiro atoms. The minimum absolute atomic E-state index is 0.500.